The summed E-state index contributed by atoms with van der Waals surface area (Å²) in [4.78, 5) is 0. The Balaban J connectivity index is 1.30. The monoisotopic (exact) mass is 571 g/mol. The van der Waals surface area contributed by atoms with Gasteiger partial charge in [0.05, 0.1) is 12.7 Å². The maximum absolute atomic E-state index is 9.86. The van der Waals surface area contributed by atoms with Gasteiger partial charge in [-0.25, -0.2) is 0 Å². The van der Waals surface area contributed by atoms with Gasteiger partial charge in [-0.2, -0.15) is 5.26 Å². The summed E-state index contributed by atoms with van der Waals surface area (Å²) in [5.74, 6) is 2.88. The lowest BCUT2D eigenvalue weighted by Gasteiger charge is -2.29. The molecule has 0 bridgehead atoms. The number of nitrogens with zero attached hydrogens (tertiary/aromatic N) is 1. The van der Waals surface area contributed by atoms with Gasteiger partial charge in [-0.1, -0.05) is 159 Å². The zero-order valence-corrected chi connectivity index (χ0v) is 27.3. The summed E-state index contributed by atoms with van der Waals surface area (Å²) in [6.07, 6.45) is 27.6. The molecule has 1 aliphatic carbocycles. The topological polar surface area (TPSA) is 33.0 Å². The normalized spacial score (nSPS) is 17.5. The second-order valence-corrected chi connectivity index (χ2v) is 13.2. The molecule has 0 aromatic heterocycles. The van der Waals surface area contributed by atoms with Crippen molar-refractivity contribution in [2.45, 2.75) is 149 Å². The van der Waals surface area contributed by atoms with E-state index in [0.717, 1.165) is 49.9 Å². The van der Waals surface area contributed by atoms with Crippen molar-refractivity contribution < 1.29 is 4.74 Å². The Morgan fingerprint density at radius 3 is 1.79 bits per heavy atom. The van der Waals surface area contributed by atoms with Crippen LogP contribution >= 0.6 is 0 Å². The molecule has 1 saturated carbocycles. The molecular formula is C40H61NO. The number of rotatable bonds is 22. The molecule has 1 aliphatic rings. The summed E-state index contributed by atoms with van der Waals surface area (Å²) >= 11 is 0. The summed E-state index contributed by atoms with van der Waals surface area (Å²) < 4.78 is 5.99. The largest absolute Gasteiger partial charge is 0.494 e. The van der Waals surface area contributed by atoms with Gasteiger partial charge in [-0.15, -0.1) is 0 Å². The fourth-order valence-electron chi connectivity index (χ4n) is 6.80. The SMILES string of the molecule is CCCCCCCCCCOc1ccc(-c2ccc(CCC(C#N)CC3CCC(CCCCCCC)CC3)cc2)cc1. The number of hydrogen-bond donors (Lipinski definition) is 0. The Hall–Kier alpha value is -2.27. The predicted octanol–water partition coefficient (Wildman–Crippen LogP) is 12.5. The molecule has 0 spiro atoms. The molecule has 2 heteroatoms. The predicted molar refractivity (Wildman–Crippen MR) is 181 cm³/mol. The first kappa shape index (κ1) is 34.2. The van der Waals surface area contributed by atoms with Crippen LogP contribution in [-0.2, 0) is 6.42 Å². The molecule has 1 atom stereocenters. The van der Waals surface area contributed by atoms with E-state index < -0.39 is 0 Å². The van der Waals surface area contributed by atoms with Gasteiger partial charge in [0, 0.05) is 5.92 Å². The van der Waals surface area contributed by atoms with Crippen LogP contribution in [0.2, 0.25) is 0 Å². The number of hydrogen-bond acceptors (Lipinski definition) is 2. The van der Waals surface area contributed by atoms with Crippen molar-refractivity contribution in [2.24, 2.45) is 17.8 Å². The van der Waals surface area contributed by atoms with E-state index in [1.165, 1.54) is 126 Å². The van der Waals surface area contributed by atoms with Crippen molar-refractivity contribution in [1.82, 2.24) is 0 Å². The maximum Gasteiger partial charge on any atom is 0.119 e. The molecule has 2 nitrogen and oxygen atoms in total. The quantitative estimate of drug-likeness (QED) is 0.132. The number of ether oxygens (including phenoxy) is 1. The van der Waals surface area contributed by atoms with E-state index in [2.05, 4.69) is 68.4 Å². The first-order valence-electron chi connectivity index (χ1n) is 17.9. The lowest BCUT2D eigenvalue weighted by molar-refractivity contribution is 0.233. The molecule has 0 amide bonds. The lowest BCUT2D eigenvalue weighted by atomic mass is 9.76. The van der Waals surface area contributed by atoms with Crippen LogP contribution in [0.25, 0.3) is 11.1 Å². The van der Waals surface area contributed by atoms with Crippen LogP contribution < -0.4 is 4.74 Å². The minimum Gasteiger partial charge on any atom is -0.494 e. The molecule has 1 unspecified atom stereocenters. The highest BCUT2D eigenvalue weighted by atomic mass is 16.5. The third kappa shape index (κ3) is 13.8. The summed E-state index contributed by atoms with van der Waals surface area (Å²) in [6, 6.07) is 20.2. The molecule has 1 fully saturated rings. The zero-order valence-electron chi connectivity index (χ0n) is 27.3. The molecular weight excluding hydrogens is 510 g/mol. The van der Waals surface area contributed by atoms with E-state index in [-0.39, 0.29) is 5.92 Å². The molecule has 0 radical (unpaired) electrons. The van der Waals surface area contributed by atoms with Crippen LogP contribution in [0.3, 0.4) is 0 Å². The standard InChI is InChI=1S/C40H61NO/c1-3-5-7-9-10-11-13-15-31-42-40-29-27-39(28-30-40)38-25-23-35(24-26-38)19-22-37(33-41)32-36-20-17-34(18-21-36)16-14-12-8-6-4-2/h23-30,34,36-37H,3-22,31-32H2,1-2H3. The molecule has 3 rings (SSSR count). The van der Waals surface area contributed by atoms with Gasteiger partial charge in [0.2, 0.25) is 0 Å². The minimum atomic E-state index is 0.193. The van der Waals surface area contributed by atoms with Crippen molar-refractivity contribution in [1.29, 1.82) is 5.26 Å². The molecule has 0 aliphatic heterocycles. The fourth-order valence-corrected chi connectivity index (χ4v) is 6.80. The third-order valence-corrected chi connectivity index (χ3v) is 9.67. The van der Waals surface area contributed by atoms with E-state index in [4.69, 9.17) is 4.74 Å². The third-order valence-electron chi connectivity index (χ3n) is 9.67. The summed E-state index contributed by atoms with van der Waals surface area (Å²) in [5, 5.41) is 9.86. The highest BCUT2D eigenvalue weighted by Crippen LogP contribution is 2.36. The Bertz CT molecular complexity index is 964. The molecule has 0 saturated heterocycles. The number of benzene rings is 2. The van der Waals surface area contributed by atoms with Gasteiger partial charge in [0.1, 0.15) is 5.75 Å². The molecule has 0 N–H and O–H groups in total. The summed E-state index contributed by atoms with van der Waals surface area (Å²) in [5.41, 5.74) is 3.82. The van der Waals surface area contributed by atoms with Crippen LogP contribution in [0.1, 0.15) is 148 Å². The number of nitriles is 1. The Kier molecular flexibility index (Phi) is 17.5. The van der Waals surface area contributed by atoms with Crippen molar-refractivity contribution in [3.05, 3.63) is 54.1 Å². The second-order valence-electron chi connectivity index (χ2n) is 13.2. The van der Waals surface area contributed by atoms with Gasteiger partial charge in [-0.05, 0) is 66.3 Å². The van der Waals surface area contributed by atoms with Crippen molar-refractivity contribution in [3.63, 3.8) is 0 Å². The summed E-state index contributed by atoms with van der Waals surface area (Å²) in [6.45, 7) is 5.38. The zero-order chi connectivity index (χ0) is 29.7. The summed E-state index contributed by atoms with van der Waals surface area (Å²) in [7, 11) is 0. The van der Waals surface area contributed by atoms with Gasteiger partial charge >= 0.3 is 0 Å². The van der Waals surface area contributed by atoms with Crippen molar-refractivity contribution >= 4 is 0 Å². The smallest absolute Gasteiger partial charge is 0.119 e. The molecule has 232 valence electrons. The fraction of sp³-hybridized carbons (Fsp3) is 0.675. The van der Waals surface area contributed by atoms with Crippen molar-refractivity contribution in [2.75, 3.05) is 6.61 Å². The lowest BCUT2D eigenvalue weighted by Crippen LogP contribution is -2.17. The highest BCUT2D eigenvalue weighted by molar-refractivity contribution is 5.64. The molecule has 42 heavy (non-hydrogen) atoms. The Morgan fingerprint density at radius 2 is 1.19 bits per heavy atom. The van der Waals surface area contributed by atoms with Gasteiger partial charge in [0.15, 0.2) is 0 Å². The van der Waals surface area contributed by atoms with Crippen LogP contribution in [-0.4, -0.2) is 6.61 Å². The van der Waals surface area contributed by atoms with E-state index in [1.54, 1.807) is 0 Å². The Morgan fingerprint density at radius 1 is 0.667 bits per heavy atom. The molecule has 2 aromatic carbocycles. The van der Waals surface area contributed by atoms with Crippen LogP contribution in [0.5, 0.6) is 5.75 Å². The highest BCUT2D eigenvalue weighted by Gasteiger charge is 2.23. The maximum atomic E-state index is 9.86. The number of aryl methyl sites for hydroxylation is 1. The first-order chi connectivity index (χ1) is 20.7. The van der Waals surface area contributed by atoms with Crippen LogP contribution in [0, 0.1) is 29.1 Å². The van der Waals surface area contributed by atoms with Crippen molar-refractivity contribution in [3.8, 4) is 22.9 Å². The van der Waals surface area contributed by atoms with E-state index in [1.807, 2.05) is 0 Å². The van der Waals surface area contributed by atoms with Crippen LogP contribution in [0.4, 0.5) is 0 Å². The van der Waals surface area contributed by atoms with Gasteiger partial charge < -0.3 is 4.74 Å². The number of unbranched alkanes of at least 4 members (excludes halogenated alkanes) is 11. The Labute approximate surface area is 259 Å². The van der Waals surface area contributed by atoms with E-state index in [9.17, 15) is 5.26 Å². The van der Waals surface area contributed by atoms with Gasteiger partial charge in [0.25, 0.3) is 0 Å². The van der Waals surface area contributed by atoms with Gasteiger partial charge in [-0.3, -0.25) is 0 Å². The first-order valence-corrected chi connectivity index (χ1v) is 17.9. The van der Waals surface area contributed by atoms with E-state index >= 15 is 0 Å². The average molecular weight is 572 g/mol. The minimum absolute atomic E-state index is 0.193. The average Bonchev–Trinajstić information content (AvgIpc) is 3.03. The molecule has 2 aromatic rings. The molecule has 0 heterocycles. The van der Waals surface area contributed by atoms with E-state index in [0.29, 0.717) is 0 Å². The second kappa shape index (κ2) is 21.4. The van der Waals surface area contributed by atoms with Crippen LogP contribution in [0.15, 0.2) is 48.5 Å².